The van der Waals surface area contributed by atoms with Gasteiger partial charge in [0.25, 0.3) is 0 Å². The lowest BCUT2D eigenvalue weighted by atomic mass is 10.1. The highest BCUT2D eigenvalue weighted by Gasteiger charge is 2.01. The van der Waals surface area contributed by atoms with E-state index in [1.165, 1.54) is 0 Å². The Morgan fingerprint density at radius 2 is 2.31 bits per heavy atom. The minimum atomic E-state index is 0.188. The molecule has 0 aliphatic carbocycles. The van der Waals surface area contributed by atoms with Gasteiger partial charge in [0.15, 0.2) is 0 Å². The van der Waals surface area contributed by atoms with Crippen LogP contribution in [0.15, 0.2) is 28.5 Å². The molecule has 0 saturated heterocycles. The lowest BCUT2D eigenvalue weighted by Gasteiger charge is -2.10. The normalized spacial score (nSPS) is 9.23. The molecule has 0 amide bonds. The van der Waals surface area contributed by atoms with Gasteiger partial charge in [-0.05, 0) is 0 Å². The predicted octanol–water partition coefficient (Wildman–Crippen LogP) is 3.16. The Bertz CT molecular complexity index is 324. The molecule has 0 aromatic heterocycles. The maximum absolute atomic E-state index is 7.43. The molecule has 1 aromatic carbocycles. The summed E-state index contributed by atoms with van der Waals surface area (Å²) in [6.07, 6.45) is 0. The van der Waals surface area contributed by atoms with E-state index in [0.717, 1.165) is 0 Å². The highest BCUT2D eigenvalue weighted by atomic mass is 16.6. The molecule has 5 heteroatoms. The van der Waals surface area contributed by atoms with E-state index >= 15 is 0 Å². The number of rotatable bonds is 4. The van der Waals surface area contributed by atoms with Crippen LogP contribution < -0.4 is 0 Å². The van der Waals surface area contributed by atoms with Gasteiger partial charge in [-0.15, -0.1) is 10.8 Å². The van der Waals surface area contributed by atoms with E-state index in [-0.39, 0.29) is 12.3 Å². The first kappa shape index (κ1) is 9.18. The fourth-order valence-electron chi connectivity index (χ4n) is 0.955. The van der Waals surface area contributed by atoms with Crippen LogP contribution in [0.4, 0.5) is 11.4 Å². The first-order chi connectivity index (χ1) is 6.29. The van der Waals surface area contributed by atoms with Gasteiger partial charge in [0.05, 0.1) is 5.69 Å². The zero-order valence-electron chi connectivity index (χ0n) is 6.95. The van der Waals surface area contributed by atoms with Crippen LogP contribution >= 0.6 is 0 Å². The Morgan fingerprint density at radius 1 is 1.54 bits per heavy atom. The number of hydrogen-bond acceptors (Lipinski definition) is 4. The number of hydrogen-bond donors (Lipinski definition) is 1. The third-order valence-corrected chi connectivity index (χ3v) is 1.54. The Labute approximate surface area is 75.7 Å². The summed E-state index contributed by atoms with van der Waals surface area (Å²) in [6.45, 7) is 3.35. The largest absolute Gasteiger partial charge is 0.697 e. The van der Waals surface area contributed by atoms with Crippen LogP contribution in [0.25, 0.3) is 5.73 Å². The minimum Gasteiger partial charge on any atom is -0.697 e. The standard InChI is InChI=1S/C8H9N4O/c1-11-13-5-6-3-2-4-7(9)8(6)12-10/h2-4,9-10H,1,5H2/q-1. The molecule has 0 atom stereocenters. The van der Waals surface area contributed by atoms with Crippen molar-refractivity contribution in [3.63, 3.8) is 0 Å². The number of oxime groups is 1. The Morgan fingerprint density at radius 3 is 2.92 bits per heavy atom. The molecule has 13 heavy (non-hydrogen) atoms. The molecule has 0 aliphatic heterocycles. The van der Waals surface area contributed by atoms with Crippen molar-refractivity contribution in [1.82, 2.24) is 0 Å². The van der Waals surface area contributed by atoms with Gasteiger partial charge in [0.1, 0.15) is 6.61 Å². The van der Waals surface area contributed by atoms with E-state index in [0.29, 0.717) is 11.3 Å². The van der Waals surface area contributed by atoms with Crippen LogP contribution in [-0.4, -0.2) is 6.72 Å². The quantitative estimate of drug-likeness (QED) is 0.427. The molecule has 0 bridgehead atoms. The number of para-hydroxylation sites is 1. The van der Waals surface area contributed by atoms with Gasteiger partial charge in [-0.1, -0.05) is 18.2 Å². The lowest BCUT2D eigenvalue weighted by Crippen LogP contribution is -1.86. The first-order valence-electron chi connectivity index (χ1n) is 3.58. The van der Waals surface area contributed by atoms with E-state index < -0.39 is 0 Å². The average Bonchev–Trinajstić information content (AvgIpc) is 2.15. The van der Waals surface area contributed by atoms with E-state index in [1.54, 1.807) is 18.2 Å². The minimum absolute atomic E-state index is 0.188. The van der Waals surface area contributed by atoms with Crippen LogP contribution in [0.3, 0.4) is 0 Å². The monoisotopic (exact) mass is 177 g/mol. The van der Waals surface area contributed by atoms with Crippen molar-refractivity contribution in [3.05, 3.63) is 29.5 Å². The fraction of sp³-hybridized carbons (Fsp3) is 0.125. The molecule has 0 radical (unpaired) electrons. The molecule has 5 nitrogen and oxygen atoms in total. The highest BCUT2D eigenvalue weighted by molar-refractivity contribution is 5.68. The number of nitrogens with zero attached hydrogens (tertiary/aromatic N) is 2. The van der Waals surface area contributed by atoms with E-state index in [1.807, 2.05) is 0 Å². The van der Waals surface area contributed by atoms with Crippen molar-refractivity contribution in [3.8, 4) is 0 Å². The SMILES string of the molecule is C=NOCc1cccc([NH-])c1N=N. The third-order valence-electron chi connectivity index (χ3n) is 1.54. The Balaban J connectivity index is 2.97. The van der Waals surface area contributed by atoms with Crippen LogP contribution in [0, 0.1) is 5.53 Å². The van der Waals surface area contributed by atoms with E-state index in [9.17, 15) is 0 Å². The lowest BCUT2D eigenvalue weighted by molar-refractivity contribution is 0.133. The average molecular weight is 177 g/mol. The number of benzene rings is 1. The predicted molar refractivity (Wildman–Crippen MR) is 49.6 cm³/mol. The van der Waals surface area contributed by atoms with Gasteiger partial charge in [0, 0.05) is 12.3 Å². The van der Waals surface area contributed by atoms with Gasteiger partial charge < -0.3 is 10.6 Å². The zero-order chi connectivity index (χ0) is 9.68. The molecule has 1 aromatic rings. The molecule has 0 fully saturated rings. The van der Waals surface area contributed by atoms with E-state index in [4.69, 9.17) is 16.1 Å². The second-order valence-electron chi connectivity index (χ2n) is 2.33. The maximum Gasteiger partial charge on any atom is 0.144 e. The van der Waals surface area contributed by atoms with Gasteiger partial charge in [-0.25, -0.2) is 5.53 Å². The smallest absolute Gasteiger partial charge is 0.144 e. The van der Waals surface area contributed by atoms with Gasteiger partial charge in [-0.2, -0.15) is 5.11 Å². The van der Waals surface area contributed by atoms with Crippen molar-refractivity contribution in [1.29, 1.82) is 5.53 Å². The third kappa shape index (κ3) is 2.02. The number of nitrogens with one attached hydrogen (secondary N) is 2. The van der Waals surface area contributed by atoms with Crippen LogP contribution in [-0.2, 0) is 11.4 Å². The summed E-state index contributed by atoms with van der Waals surface area (Å²) in [6, 6.07) is 5.01. The summed E-state index contributed by atoms with van der Waals surface area (Å²) in [5.74, 6) is 0. The topological polar surface area (TPSA) is 81.6 Å². The van der Waals surface area contributed by atoms with Crippen molar-refractivity contribution >= 4 is 18.1 Å². The summed E-state index contributed by atoms with van der Waals surface area (Å²) in [7, 11) is 0. The summed E-state index contributed by atoms with van der Waals surface area (Å²) >= 11 is 0. The molecule has 0 spiro atoms. The van der Waals surface area contributed by atoms with Gasteiger partial charge in [0.2, 0.25) is 0 Å². The van der Waals surface area contributed by atoms with Crippen LogP contribution in [0.1, 0.15) is 5.56 Å². The summed E-state index contributed by atoms with van der Waals surface area (Å²) < 4.78 is 0. The highest BCUT2D eigenvalue weighted by Crippen LogP contribution is 2.30. The Kier molecular flexibility index (Phi) is 2.97. The summed E-state index contributed by atoms with van der Waals surface area (Å²) in [4.78, 5) is 4.70. The molecule has 0 unspecified atom stereocenters. The Hall–Kier alpha value is -1.91. The van der Waals surface area contributed by atoms with Crippen molar-refractivity contribution in [2.75, 3.05) is 0 Å². The van der Waals surface area contributed by atoms with Crippen molar-refractivity contribution < 1.29 is 4.84 Å². The van der Waals surface area contributed by atoms with Crippen molar-refractivity contribution in [2.45, 2.75) is 6.61 Å². The van der Waals surface area contributed by atoms with E-state index in [2.05, 4.69) is 17.0 Å². The van der Waals surface area contributed by atoms with Crippen LogP contribution in [0.5, 0.6) is 0 Å². The summed E-state index contributed by atoms with van der Waals surface area (Å²) in [5, 5.41) is 6.47. The van der Waals surface area contributed by atoms with Gasteiger partial charge in [-0.3, -0.25) is 0 Å². The molecular formula is C8H9N4O-. The van der Waals surface area contributed by atoms with Crippen LogP contribution in [0.2, 0.25) is 0 Å². The summed E-state index contributed by atoms with van der Waals surface area (Å²) in [5.41, 5.74) is 15.5. The fourth-order valence-corrected chi connectivity index (χ4v) is 0.955. The van der Waals surface area contributed by atoms with Crippen molar-refractivity contribution in [2.24, 2.45) is 10.3 Å². The molecular weight excluding hydrogens is 168 g/mol. The maximum atomic E-state index is 7.43. The second kappa shape index (κ2) is 4.20. The first-order valence-corrected chi connectivity index (χ1v) is 3.58. The molecule has 0 heterocycles. The zero-order valence-corrected chi connectivity index (χ0v) is 6.95. The second-order valence-corrected chi connectivity index (χ2v) is 2.33. The molecule has 1 rings (SSSR count). The molecule has 2 N–H and O–H groups in total. The molecule has 0 aliphatic rings. The molecule has 0 saturated carbocycles. The van der Waals surface area contributed by atoms with Gasteiger partial charge >= 0.3 is 0 Å². The molecule has 68 valence electrons.